The average Bonchev–Trinajstić information content (AvgIpc) is 3.53. The molecule has 1 fully saturated rings. The molecular formula is C28H25N5O2. The number of likely N-dealkylation sites (tertiary alicyclic amines) is 1. The van der Waals surface area contributed by atoms with E-state index in [1.807, 2.05) is 64.1 Å². The second-order valence-corrected chi connectivity index (χ2v) is 8.83. The van der Waals surface area contributed by atoms with Crippen molar-refractivity contribution in [3.8, 4) is 6.07 Å². The van der Waals surface area contributed by atoms with Crippen molar-refractivity contribution < 1.29 is 9.59 Å². The van der Waals surface area contributed by atoms with Crippen LogP contribution in [0.4, 0.5) is 0 Å². The number of nitrogens with zero attached hydrogens (tertiary/aromatic N) is 4. The summed E-state index contributed by atoms with van der Waals surface area (Å²) in [6.45, 7) is 1.69. The van der Waals surface area contributed by atoms with Crippen LogP contribution in [0.1, 0.15) is 33.6 Å². The maximum atomic E-state index is 13.2. The third-order valence-electron chi connectivity index (χ3n) is 6.44. The van der Waals surface area contributed by atoms with E-state index in [9.17, 15) is 9.59 Å². The molecular weight excluding hydrogens is 438 g/mol. The molecule has 35 heavy (non-hydrogen) atoms. The average molecular weight is 464 g/mol. The molecule has 0 unspecified atom stereocenters. The van der Waals surface area contributed by atoms with Crippen LogP contribution in [0.5, 0.6) is 0 Å². The molecule has 7 heteroatoms. The maximum Gasteiger partial charge on any atom is 0.254 e. The van der Waals surface area contributed by atoms with Gasteiger partial charge >= 0.3 is 0 Å². The zero-order valence-corrected chi connectivity index (χ0v) is 19.2. The molecule has 7 nitrogen and oxygen atoms in total. The number of hydrogen-bond donors (Lipinski definition) is 1. The van der Waals surface area contributed by atoms with Crippen LogP contribution in [0.3, 0.4) is 0 Å². The number of carbonyl (C=O) groups is 2. The first kappa shape index (κ1) is 22.4. The van der Waals surface area contributed by atoms with E-state index in [0.717, 1.165) is 28.5 Å². The van der Waals surface area contributed by atoms with Gasteiger partial charge in [0.05, 0.1) is 24.4 Å². The van der Waals surface area contributed by atoms with Gasteiger partial charge in [0.25, 0.3) is 5.91 Å². The number of nitrogens with one attached hydrogen (secondary N) is 1. The topological polar surface area (TPSA) is 91.0 Å². The first-order chi connectivity index (χ1) is 17.1. The van der Waals surface area contributed by atoms with Crippen LogP contribution >= 0.6 is 0 Å². The van der Waals surface area contributed by atoms with E-state index >= 15 is 0 Å². The summed E-state index contributed by atoms with van der Waals surface area (Å²) < 4.78 is 1.94. The number of aromatic nitrogens is 2. The van der Waals surface area contributed by atoms with Crippen LogP contribution in [-0.2, 0) is 17.8 Å². The normalized spacial score (nSPS) is 15.2. The fourth-order valence-electron chi connectivity index (χ4n) is 4.61. The lowest BCUT2D eigenvalue weighted by molar-refractivity contribution is -0.121. The third-order valence-corrected chi connectivity index (χ3v) is 6.44. The lowest BCUT2D eigenvalue weighted by Gasteiger charge is -2.18. The number of amides is 2. The Balaban J connectivity index is 1.19. The molecule has 0 radical (unpaired) electrons. The molecule has 0 aliphatic carbocycles. The summed E-state index contributed by atoms with van der Waals surface area (Å²) in [5.41, 5.74) is 3.15. The number of rotatable bonds is 6. The van der Waals surface area contributed by atoms with E-state index < -0.39 is 0 Å². The van der Waals surface area contributed by atoms with E-state index in [2.05, 4.69) is 16.4 Å². The summed E-state index contributed by atoms with van der Waals surface area (Å²) in [5, 5.41) is 14.0. The third kappa shape index (κ3) is 4.92. The Morgan fingerprint density at radius 1 is 1.06 bits per heavy atom. The lowest BCUT2D eigenvalue weighted by atomic mass is 10.0. The van der Waals surface area contributed by atoms with Gasteiger partial charge in [0.2, 0.25) is 5.91 Å². The Morgan fingerprint density at radius 2 is 1.86 bits per heavy atom. The molecule has 3 aromatic carbocycles. The fourth-order valence-corrected chi connectivity index (χ4v) is 4.61. The molecule has 174 valence electrons. The minimum absolute atomic E-state index is 0.000887. The largest absolute Gasteiger partial charge is 0.351 e. The number of hydrogen-bond acceptors (Lipinski definition) is 4. The van der Waals surface area contributed by atoms with Gasteiger partial charge in [-0.05, 0) is 41.0 Å². The van der Waals surface area contributed by atoms with Crippen molar-refractivity contribution in [3.63, 3.8) is 0 Å². The van der Waals surface area contributed by atoms with Gasteiger partial charge in [-0.25, -0.2) is 4.98 Å². The molecule has 1 saturated heterocycles. The van der Waals surface area contributed by atoms with Crippen molar-refractivity contribution >= 4 is 22.6 Å². The first-order valence-electron chi connectivity index (χ1n) is 11.6. The van der Waals surface area contributed by atoms with Gasteiger partial charge in [-0.1, -0.05) is 48.5 Å². The highest BCUT2D eigenvalue weighted by atomic mass is 16.2. The highest BCUT2D eigenvalue weighted by molar-refractivity contribution is 6.07. The molecule has 1 N–H and O–H groups in total. The van der Waals surface area contributed by atoms with Crippen molar-refractivity contribution in [2.75, 3.05) is 13.1 Å². The molecule has 1 aliphatic heterocycles. The summed E-state index contributed by atoms with van der Waals surface area (Å²) >= 11 is 0. The number of nitriles is 1. The number of imidazole rings is 1. The predicted octanol–water partition coefficient (Wildman–Crippen LogP) is 3.53. The maximum absolute atomic E-state index is 13.2. The van der Waals surface area contributed by atoms with Crippen molar-refractivity contribution in [3.05, 3.63) is 102 Å². The van der Waals surface area contributed by atoms with Gasteiger partial charge in [0.1, 0.15) is 0 Å². The Bertz CT molecular complexity index is 1410. The van der Waals surface area contributed by atoms with Gasteiger partial charge in [0.15, 0.2) is 0 Å². The summed E-state index contributed by atoms with van der Waals surface area (Å²) in [4.78, 5) is 32.0. The van der Waals surface area contributed by atoms with Crippen LogP contribution in [0, 0.1) is 11.3 Å². The zero-order chi connectivity index (χ0) is 24.2. The Labute approximate surface area is 203 Å². The second kappa shape index (κ2) is 9.82. The monoisotopic (exact) mass is 463 g/mol. The standard InChI is InChI=1S/C28H25N5O2/c29-15-20-8-10-21(11-9-20)17-33-19-30-16-24(33)14-27(34)31-23-12-13-32(18-23)28(35)26-7-3-5-22-4-1-2-6-25(22)26/h1-11,16,19,23H,12-14,17-18H2,(H,31,34)/t23-/m0/s1. The van der Waals surface area contributed by atoms with Crippen molar-refractivity contribution in [1.82, 2.24) is 19.8 Å². The van der Waals surface area contributed by atoms with E-state index in [1.54, 1.807) is 24.7 Å². The molecule has 4 aromatic rings. The van der Waals surface area contributed by atoms with Crippen LogP contribution in [-0.4, -0.2) is 45.4 Å². The SMILES string of the molecule is N#Cc1ccc(Cn2cncc2CC(=O)N[C@H]2CCN(C(=O)c3cccc4ccccc34)C2)cc1. The smallest absolute Gasteiger partial charge is 0.254 e. The molecule has 0 bridgehead atoms. The molecule has 5 rings (SSSR count). The lowest BCUT2D eigenvalue weighted by Crippen LogP contribution is -2.39. The van der Waals surface area contributed by atoms with Gasteiger partial charge < -0.3 is 14.8 Å². The van der Waals surface area contributed by atoms with E-state index in [-0.39, 0.29) is 24.3 Å². The molecule has 0 spiro atoms. The van der Waals surface area contributed by atoms with Gasteiger partial charge in [-0.2, -0.15) is 5.26 Å². The summed E-state index contributed by atoms with van der Waals surface area (Å²) in [7, 11) is 0. The van der Waals surface area contributed by atoms with Crippen molar-refractivity contribution in [1.29, 1.82) is 5.26 Å². The number of benzene rings is 3. The van der Waals surface area contributed by atoms with Crippen LogP contribution in [0.15, 0.2) is 79.3 Å². The predicted molar refractivity (Wildman–Crippen MR) is 133 cm³/mol. The van der Waals surface area contributed by atoms with Gasteiger partial charge in [-0.3, -0.25) is 9.59 Å². The Kier molecular flexibility index (Phi) is 6.27. The minimum Gasteiger partial charge on any atom is -0.351 e. The van der Waals surface area contributed by atoms with E-state index in [0.29, 0.717) is 30.8 Å². The van der Waals surface area contributed by atoms with Crippen LogP contribution < -0.4 is 5.32 Å². The molecule has 1 atom stereocenters. The van der Waals surface area contributed by atoms with E-state index in [1.165, 1.54) is 0 Å². The molecule has 1 aromatic heterocycles. The summed E-state index contributed by atoms with van der Waals surface area (Å²) in [6.07, 6.45) is 4.35. The van der Waals surface area contributed by atoms with Crippen molar-refractivity contribution in [2.24, 2.45) is 0 Å². The molecule has 2 heterocycles. The minimum atomic E-state index is -0.0870. The second-order valence-electron chi connectivity index (χ2n) is 8.83. The van der Waals surface area contributed by atoms with Crippen LogP contribution in [0.2, 0.25) is 0 Å². The number of carbonyl (C=O) groups excluding carboxylic acids is 2. The molecule has 1 aliphatic rings. The highest BCUT2D eigenvalue weighted by Crippen LogP contribution is 2.22. The van der Waals surface area contributed by atoms with Crippen molar-refractivity contribution in [2.45, 2.75) is 25.4 Å². The van der Waals surface area contributed by atoms with Gasteiger partial charge in [-0.15, -0.1) is 0 Å². The number of fused-ring (bicyclic) bond motifs is 1. The van der Waals surface area contributed by atoms with Gasteiger partial charge in [0, 0.05) is 43.1 Å². The fraction of sp³-hybridized carbons (Fsp3) is 0.214. The molecule has 2 amide bonds. The first-order valence-corrected chi connectivity index (χ1v) is 11.6. The Hall–Kier alpha value is -4.44. The summed E-state index contributed by atoms with van der Waals surface area (Å²) in [5.74, 6) is -0.0879. The highest BCUT2D eigenvalue weighted by Gasteiger charge is 2.28. The zero-order valence-electron chi connectivity index (χ0n) is 19.2. The van der Waals surface area contributed by atoms with E-state index in [4.69, 9.17) is 5.26 Å². The Morgan fingerprint density at radius 3 is 2.69 bits per heavy atom. The quantitative estimate of drug-likeness (QED) is 0.474. The van der Waals surface area contributed by atoms with Crippen LogP contribution in [0.25, 0.3) is 10.8 Å². The molecule has 0 saturated carbocycles. The summed E-state index contributed by atoms with van der Waals surface area (Å²) in [6, 6.07) is 23.1.